The number of hydrogen-bond donors (Lipinski definition) is 1. The van der Waals surface area contributed by atoms with Crippen molar-refractivity contribution in [1.29, 1.82) is 0 Å². The van der Waals surface area contributed by atoms with Gasteiger partial charge in [0.05, 0.1) is 14.4 Å². The molecule has 0 saturated heterocycles. The van der Waals surface area contributed by atoms with E-state index in [1.807, 2.05) is 0 Å². The first kappa shape index (κ1) is 11.1. The maximum absolute atomic E-state index is 13.5. The van der Waals surface area contributed by atoms with Crippen LogP contribution in [-0.4, -0.2) is 11.1 Å². The van der Waals surface area contributed by atoms with Gasteiger partial charge in [-0.2, -0.15) is 0 Å². The molecule has 1 aromatic carbocycles. The predicted molar refractivity (Wildman–Crippen MR) is 60.3 cm³/mol. The van der Waals surface area contributed by atoms with Crippen LogP contribution in [0.1, 0.15) is 18.4 Å². The molecule has 0 heterocycles. The highest BCUT2D eigenvalue weighted by molar-refractivity contribution is 9.11. The fourth-order valence-electron chi connectivity index (χ4n) is 1.62. The molecule has 0 aliphatic heterocycles. The number of carboxylic acid groups (broad SMARTS) is 1. The van der Waals surface area contributed by atoms with Crippen molar-refractivity contribution >= 4 is 37.8 Å². The van der Waals surface area contributed by atoms with E-state index in [9.17, 15) is 9.18 Å². The van der Waals surface area contributed by atoms with Gasteiger partial charge in [-0.05, 0) is 56.3 Å². The highest BCUT2D eigenvalue weighted by atomic mass is 79.9. The molecule has 1 N–H and O–H groups in total. The Hall–Kier alpha value is -0.420. The molecule has 0 atom stereocenters. The maximum atomic E-state index is 13.5. The van der Waals surface area contributed by atoms with Crippen LogP contribution in [0.15, 0.2) is 21.1 Å². The van der Waals surface area contributed by atoms with Gasteiger partial charge in [0.1, 0.15) is 0 Å². The van der Waals surface area contributed by atoms with Gasteiger partial charge >= 0.3 is 5.97 Å². The van der Waals surface area contributed by atoms with Crippen LogP contribution >= 0.6 is 31.9 Å². The average molecular weight is 338 g/mol. The molecule has 1 aliphatic carbocycles. The molecule has 5 heteroatoms. The van der Waals surface area contributed by atoms with E-state index in [1.165, 1.54) is 0 Å². The second-order valence-electron chi connectivity index (χ2n) is 3.61. The van der Waals surface area contributed by atoms with Crippen LogP contribution in [0, 0.1) is 5.82 Å². The highest BCUT2D eigenvalue weighted by Crippen LogP contribution is 2.51. The van der Waals surface area contributed by atoms with E-state index >= 15 is 0 Å². The van der Waals surface area contributed by atoms with Crippen LogP contribution in [0.5, 0.6) is 0 Å². The van der Waals surface area contributed by atoms with Crippen LogP contribution in [0.2, 0.25) is 0 Å². The summed E-state index contributed by atoms with van der Waals surface area (Å²) in [5, 5.41) is 9.09. The molecular weight excluding hydrogens is 331 g/mol. The molecule has 1 fully saturated rings. The SMILES string of the molecule is O=C(O)C1(c2ccc(Br)c(F)c2Br)CC1. The Kier molecular flexibility index (Phi) is 2.63. The minimum absolute atomic E-state index is 0.247. The second kappa shape index (κ2) is 3.56. The summed E-state index contributed by atoms with van der Waals surface area (Å²) in [6.45, 7) is 0. The van der Waals surface area contributed by atoms with Crippen molar-refractivity contribution in [2.45, 2.75) is 18.3 Å². The summed E-state index contributed by atoms with van der Waals surface area (Å²) in [5.41, 5.74) is -0.351. The largest absolute Gasteiger partial charge is 0.481 e. The minimum atomic E-state index is -0.884. The zero-order valence-corrected chi connectivity index (χ0v) is 10.7. The predicted octanol–water partition coefficient (Wildman–Crippen LogP) is 3.47. The Morgan fingerprint density at radius 1 is 1.40 bits per heavy atom. The van der Waals surface area contributed by atoms with E-state index in [4.69, 9.17) is 5.11 Å². The van der Waals surface area contributed by atoms with Gasteiger partial charge in [-0.3, -0.25) is 4.79 Å². The summed E-state index contributed by atoms with van der Waals surface area (Å²) in [6, 6.07) is 3.19. The Morgan fingerprint density at radius 2 is 2.00 bits per heavy atom. The molecule has 0 unspecified atom stereocenters. The molecule has 0 bridgehead atoms. The van der Waals surface area contributed by atoms with Gasteiger partial charge in [0.25, 0.3) is 0 Å². The van der Waals surface area contributed by atoms with E-state index < -0.39 is 17.2 Å². The Balaban J connectivity index is 2.55. The minimum Gasteiger partial charge on any atom is -0.481 e. The van der Waals surface area contributed by atoms with E-state index in [1.54, 1.807) is 12.1 Å². The molecule has 1 aliphatic rings. The first-order chi connectivity index (χ1) is 6.99. The zero-order chi connectivity index (χ0) is 11.2. The summed E-state index contributed by atoms with van der Waals surface area (Å²) in [5.74, 6) is -1.33. The first-order valence-electron chi connectivity index (χ1n) is 4.36. The lowest BCUT2D eigenvalue weighted by molar-refractivity contribution is -0.140. The Labute approximate surface area is 103 Å². The summed E-state index contributed by atoms with van der Waals surface area (Å²) in [6.07, 6.45) is 1.14. The summed E-state index contributed by atoms with van der Waals surface area (Å²) < 4.78 is 14.1. The topological polar surface area (TPSA) is 37.3 Å². The lowest BCUT2D eigenvalue weighted by Crippen LogP contribution is -2.20. The van der Waals surface area contributed by atoms with E-state index in [-0.39, 0.29) is 4.47 Å². The number of carboxylic acids is 1. The zero-order valence-electron chi connectivity index (χ0n) is 7.56. The number of halogens is 3. The van der Waals surface area contributed by atoms with Crippen LogP contribution in [0.4, 0.5) is 4.39 Å². The summed E-state index contributed by atoms with van der Waals surface area (Å²) >= 11 is 6.16. The summed E-state index contributed by atoms with van der Waals surface area (Å²) in [7, 11) is 0. The lowest BCUT2D eigenvalue weighted by Gasteiger charge is -2.13. The third-order valence-corrected chi connectivity index (χ3v) is 4.10. The van der Waals surface area contributed by atoms with Crippen LogP contribution < -0.4 is 0 Å². The van der Waals surface area contributed by atoms with Crippen molar-refractivity contribution in [3.8, 4) is 0 Å². The molecular formula is C10H7Br2FO2. The van der Waals surface area contributed by atoms with Gasteiger partial charge < -0.3 is 5.11 Å². The fourth-order valence-corrected chi connectivity index (χ4v) is 2.94. The lowest BCUT2D eigenvalue weighted by atomic mass is 9.96. The molecule has 0 amide bonds. The normalized spacial score (nSPS) is 17.5. The Bertz CT molecular complexity index is 441. The first-order valence-corrected chi connectivity index (χ1v) is 5.95. The van der Waals surface area contributed by atoms with Crippen molar-refractivity contribution in [1.82, 2.24) is 0 Å². The van der Waals surface area contributed by atoms with Gasteiger partial charge in [-0.15, -0.1) is 0 Å². The number of hydrogen-bond acceptors (Lipinski definition) is 1. The van der Waals surface area contributed by atoms with Gasteiger partial charge in [0.15, 0.2) is 5.82 Å². The molecule has 0 aromatic heterocycles. The highest BCUT2D eigenvalue weighted by Gasteiger charge is 2.53. The molecule has 80 valence electrons. The monoisotopic (exact) mass is 336 g/mol. The molecule has 2 nitrogen and oxygen atoms in total. The van der Waals surface area contributed by atoms with Crippen LogP contribution in [0.25, 0.3) is 0 Å². The number of aliphatic carboxylic acids is 1. The van der Waals surface area contributed by atoms with Crippen molar-refractivity contribution in [3.05, 3.63) is 32.5 Å². The number of rotatable bonds is 2. The number of benzene rings is 1. The van der Waals surface area contributed by atoms with Crippen molar-refractivity contribution in [2.75, 3.05) is 0 Å². The Morgan fingerprint density at radius 3 is 2.47 bits per heavy atom. The fraction of sp³-hybridized carbons (Fsp3) is 0.300. The average Bonchev–Trinajstić information content (AvgIpc) is 2.95. The molecule has 1 saturated carbocycles. The van der Waals surface area contributed by atoms with Crippen molar-refractivity contribution < 1.29 is 14.3 Å². The molecule has 0 radical (unpaired) electrons. The third-order valence-electron chi connectivity index (χ3n) is 2.71. The standard InChI is InChI=1S/C10H7Br2FO2/c11-6-2-1-5(7(12)8(6)13)10(3-4-10)9(14)15/h1-2H,3-4H2,(H,14,15). The summed E-state index contributed by atoms with van der Waals surface area (Å²) in [4.78, 5) is 11.1. The molecule has 15 heavy (non-hydrogen) atoms. The van der Waals surface area contributed by atoms with Crippen molar-refractivity contribution in [3.63, 3.8) is 0 Å². The van der Waals surface area contributed by atoms with Gasteiger partial charge in [0, 0.05) is 0 Å². The quantitative estimate of drug-likeness (QED) is 0.839. The van der Waals surface area contributed by atoms with Crippen LogP contribution in [0.3, 0.4) is 0 Å². The molecule has 0 spiro atoms. The van der Waals surface area contributed by atoms with Gasteiger partial charge in [-0.25, -0.2) is 4.39 Å². The second-order valence-corrected chi connectivity index (χ2v) is 5.26. The van der Waals surface area contributed by atoms with Crippen molar-refractivity contribution in [2.24, 2.45) is 0 Å². The van der Waals surface area contributed by atoms with E-state index in [0.717, 1.165) is 0 Å². The molecule has 2 rings (SSSR count). The van der Waals surface area contributed by atoms with Gasteiger partial charge in [0.2, 0.25) is 0 Å². The third kappa shape index (κ3) is 1.61. The van der Waals surface area contributed by atoms with Gasteiger partial charge in [-0.1, -0.05) is 6.07 Å². The maximum Gasteiger partial charge on any atom is 0.314 e. The molecule has 1 aromatic rings. The van der Waals surface area contributed by atoms with E-state index in [0.29, 0.717) is 22.9 Å². The van der Waals surface area contributed by atoms with E-state index in [2.05, 4.69) is 31.9 Å². The smallest absolute Gasteiger partial charge is 0.314 e. The number of carbonyl (C=O) groups is 1. The van der Waals surface area contributed by atoms with Crippen LogP contribution in [-0.2, 0) is 10.2 Å².